The van der Waals surface area contributed by atoms with Crippen LogP contribution in [0.25, 0.3) is 10.9 Å². The normalized spacial score (nSPS) is 17.8. The van der Waals surface area contributed by atoms with Crippen LogP contribution in [0, 0.1) is 0 Å². The maximum absolute atomic E-state index is 12.2. The molecule has 3 heterocycles. The minimum atomic E-state index is -0.123. The standard InChI is InChI=1S/C17H18N6O/c24-15-13-6-1-2-7-14(13)21-16(22-15)20-12-5-3-10-23(11-12)17-18-8-4-9-19-17/h1-2,4,6-9,12H,3,5,10-11H2,(H2,20,21,22,24). The summed E-state index contributed by atoms with van der Waals surface area (Å²) in [4.78, 5) is 30.3. The van der Waals surface area contributed by atoms with Crippen molar-refractivity contribution in [2.75, 3.05) is 23.3 Å². The predicted molar refractivity (Wildman–Crippen MR) is 93.3 cm³/mol. The van der Waals surface area contributed by atoms with Crippen LogP contribution in [0.15, 0.2) is 47.5 Å². The van der Waals surface area contributed by atoms with E-state index in [-0.39, 0.29) is 11.6 Å². The molecule has 3 aromatic rings. The van der Waals surface area contributed by atoms with E-state index >= 15 is 0 Å². The number of anilines is 2. The number of hydrogen-bond donors (Lipinski definition) is 2. The molecule has 1 saturated heterocycles. The summed E-state index contributed by atoms with van der Waals surface area (Å²) < 4.78 is 0. The Labute approximate surface area is 138 Å². The Hall–Kier alpha value is -2.96. The lowest BCUT2D eigenvalue weighted by Gasteiger charge is -2.33. The highest BCUT2D eigenvalue weighted by atomic mass is 16.1. The van der Waals surface area contributed by atoms with Gasteiger partial charge in [0.05, 0.1) is 10.9 Å². The fourth-order valence-corrected chi connectivity index (χ4v) is 3.08. The van der Waals surface area contributed by atoms with E-state index in [0.717, 1.165) is 31.9 Å². The highest BCUT2D eigenvalue weighted by Gasteiger charge is 2.22. The molecular formula is C17H18N6O. The molecule has 0 bridgehead atoms. The van der Waals surface area contributed by atoms with Crippen molar-refractivity contribution in [3.8, 4) is 0 Å². The average molecular weight is 322 g/mol. The third-order valence-electron chi connectivity index (χ3n) is 4.21. The van der Waals surface area contributed by atoms with Crippen LogP contribution in [0.3, 0.4) is 0 Å². The van der Waals surface area contributed by atoms with Crippen LogP contribution in [0.2, 0.25) is 0 Å². The van der Waals surface area contributed by atoms with Crippen LogP contribution in [0.4, 0.5) is 11.9 Å². The molecule has 1 unspecified atom stereocenters. The molecule has 0 radical (unpaired) electrons. The van der Waals surface area contributed by atoms with Gasteiger partial charge >= 0.3 is 0 Å². The van der Waals surface area contributed by atoms with Gasteiger partial charge in [0.2, 0.25) is 11.9 Å². The van der Waals surface area contributed by atoms with Gasteiger partial charge in [-0.2, -0.15) is 0 Å². The van der Waals surface area contributed by atoms with E-state index in [1.807, 2.05) is 24.3 Å². The highest BCUT2D eigenvalue weighted by Crippen LogP contribution is 2.18. The van der Waals surface area contributed by atoms with Crippen molar-refractivity contribution in [1.29, 1.82) is 0 Å². The first-order valence-corrected chi connectivity index (χ1v) is 8.07. The van der Waals surface area contributed by atoms with E-state index in [4.69, 9.17) is 0 Å². The first-order valence-electron chi connectivity index (χ1n) is 8.07. The highest BCUT2D eigenvalue weighted by molar-refractivity contribution is 5.78. The number of nitrogens with one attached hydrogen (secondary N) is 2. The third kappa shape index (κ3) is 2.92. The van der Waals surface area contributed by atoms with Gasteiger partial charge in [0.25, 0.3) is 5.56 Å². The monoisotopic (exact) mass is 322 g/mol. The lowest BCUT2D eigenvalue weighted by Crippen LogP contribution is -2.43. The molecule has 122 valence electrons. The van der Waals surface area contributed by atoms with Crippen LogP contribution in [-0.4, -0.2) is 39.1 Å². The summed E-state index contributed by atoms with van der Waals surface area (Å²) in [6.07, 6.45) is 5.55. The molecule has 0 spiro atoms. The van der Waals surface area contributed by atoms with Crippen molar-refractivity contribution in [3.63, 3.8) is 0 Å². The summed E-state index contributed by atoms with van der Waals surface area (Å²) >= 11 is 0. The molecule has 7 nitrogen and oxygen atoms in total. The molecule has 0 amide bonds. The van der Waals surface area contributed by atoms with Crippen LogP contribution in [-0.2, 0) is 0 Å². The summed E-state index contributed by atoms with van der Waals surface area (Å²) in [7, 11) is 0. The second kappa shape index (κ2) is 6.27. The molecule has 1 aromatic carbocycles. The first-order chi connectivity index (χ1) is 11.8. The van der Waals surface area contributed by atoms with Crippen LogP contribution >= 0.6 is 0 Å². The second-order valence-electron chi connectivity index (χ2n) is 5.91. The summed E-state index contributed by atoms with van der Waals surface area (Å²) in [5.41, 5.74) is 0.574. The molecular weight excluding hydrogens is 304 g/mol. The largest absolute Gasteiger partial charge is 0.351 e. The molecule has 2 N–H and O–H groups in total. The predicted octanol–water partition coefficient (Wildman–Crippen LogP) is 1.79. The number of H-pyrrole nitrogens is 1. The zero-order valence-corrected chi connectivity index (χ0v) is 13.1. The zero-order chi connectivity index (χ0) is 16.4. The van der Waals surface area contributed by atoms with Crippen LogP contribution < -0.4 is 15.8 Å². The number of aromatic amines is 1. The second-order valence-corrected chi connectivity index (χ2v) is 5.91. The van der Waals surface area contributed by atoms with Gasteiger partial charge in [0.1, 0.15) is 0 Å². The van der Waals surface area contributed by atoms with Crippen LogP contribution in [0.5, 0.6) is 0 Å². The number of nitrogens with zero attached hydrogens (tertiary/aromatic N) is 4. The summed E-state index contributed by atoms with van der Waals surface area (Å²) in [5, 5.41) is 3.95. The van der Waals surface area contributed by atoms with Gasteiger partial charge in [0.15, 0.2) is 0 Å². The Balaban J connectivity index is 1.54. The maximum Gasteiger partial charge on any atom is 0.260 e. The molecule has 1 fully saturated rings. The van der Waals surface area contributed by atoms with E-state index in [0.29, 0.717) is 16.9 Å². The fourth-order valence-electron chi connectivity index (χ4n) is 3.08. The Morgan fingerprint density at radius 1 is 1.17 bits per heavy atom. The quantitative estimate of drug-likeness (QED) is 0.764. The summed E-state index contributed by atoms with van der Waals surface area (Å²) in [6.45, 7) is 1.71. The van der Waals surface area contributed by atoms with Gasteiger partial charge in [0, 0.05) is 31.5 Å². The summed E-state index contributed by atoms with van der Waals surface area (Å²) in [6, 6.07) is 9.35. The number of piperidine rings is 1. The van der Waals surface area contributed by atoms with Gasteiger partial charge in [-0.15, -0.1) is 0 Å². The molecule has 4 rings (SSSR count). The average Bonchev–Trinajstić information content (AvgIpc) is 2.63. The van der Waals surface area contributed by atoms with E-state index in [2.05, 4.69) is 30.2 Å². The van der Waals surface area contributed by atoms with E-state index in [1.54, 1.807) is 18.5 Å². The van der Waals surface area contributed by atoms with Crippen molar-refractivity contribution < 1.29 is 0 Å². The number of para-hydroxylation sites is 1. The number of aromatic nitrogens is 4. The number of rotatable bonds is 3. The summed E-state index contributed by atoms with van der Waals surface area (Å²) in [5.74, 6) is 1.25. The lowest BCUT2D eigenvalue weighted by atomic mass is 10.1. The molecule has 7 heteroatoms. The van der Waals surface area contributed by atoms with Gasteiger partial charge < -0.3 is 10.2 Å². The van der Waals surface area contributed by atoms with Crippen molar-refractivity contribution in [2.45, 2.75) is 18.9 Å². The Kier molecular flexibility index (Phi) is 3.82. The van der Waals surface area contributed by atoms with Gasteiger partial charge in [-0.1, -0.05) is 12.1 Å². The Bertz CT molecular complexity index is 894. The molecule has 1 aliphatic rings. The van der Waals surface area contributed by atoms with E-state index in [9.17, 15) is 4.79 Å². The van der Waals surface area contributed by atoms with Crippen molar-refractivity contribution in [3.05, 3.63) is 53.1 Å². The van der Waals surface area contributed by atoms with Gasteiger partial charge in [-0.25, -0.2) is 15.0 Å². The smallest absolute Gasteiger partial charge is 0.260 e. The molecule has 2 aromatic heterocycles. The number of benzene rings is 1. The van der Waals surface area contributed by atoms with Crippen molar-refractivity contribution in [2.24, 2.45) is 0 Å². The van der Waals surface area contributed by atoms with E-state index in [1.165, 1.54) is 0 Å². The Morgan fingerprint density at radius 2 is 2.00 bits per heavy atom. The van der Waals surface area contributed by atoms with E-state index < -0.39 is 0 Å². The van der Waals surface area contributed by atoms with Crippen LogP contribution in [0.1, 0.15) is 12.8 Å². The molecule has 24 heavy (non-hydrogen) atoms. The topological polar surface area (TPSA) is 86.8 Å². The molecule has 1 aliphatic heterocycles. The SMILES string of the molecule is O=c1[nH]c(NC2CCCN(c3ncccn3)C2)nc2ccccc12. The number of hydrogen-bond acceptors (Lipinski definition) is 6. The lowest BCUT2D eigenvalue weighted by molar-refractivity contribution is 0.520. The third-order valence-corrected chi connectivity index (χ3v) is 4.21. The maximum atomic E-state index is 12.2. The minimum Gasteiger partial charge on any atom is -0.351 e. The van der Waals surface area contributed by atoms with Crippen molar-refractivity contribution >= 4 is 22.8 Å². The van der Waals surface area contributed by atoms with Gasteiger partial charge in [-0.05, 0) is 31.0 Å². The minimum absolute atomic E-state index is 0.123. The number of fused-ring (bicyclic) bond motifs is 1. The molecule has 1 atom stereocenters. The molecule has 0 saturated carbocycles. The first kappa shape index (κ1) is 14.6. The van der Waals surface area contributed by atoms with Crippen molar-refractivity contribution in [1.82, 2.24) is 19.9 Å². The Morgan fingerprint density at radius 3 is 2.88 bits per heavy atom. The molecule has 0 aliphatic carbocycles. The fraction of sp³-hybridized carbons (Fsp3) is 0.294. The zero-order valence-electron chi connectivity index (χ0n) is 13.1. The van der Waals surface area contributed by atoms with Gasteiger partial charge in [-0.3, -0.25) is 9.78 Å².